The monoisotopic (exact) mass is 304 g/mol. The van der Waals surface area contributed by atoms with Crippen LogP contribution in [0.5, 0.6) is 0 Å². The Balaban J connectivity index is 3.01. The van der Waals surface area contributed by atoms with Gasteiger partial charge in [-0.2, -0.15) is 0 Å². The first-order valence-corrected chi connectivity index (χ1v) is 8.40. The fourth-order valence-corrected chi connectivity index (χ4v) is 2.95. The van der Waals surface area contributed by atoms with Gasteiger partial charge in [-0.05, 0) is 41.5 Å². The quantitative estimate of drug-likeness (QED) is 0.811. The third kappa shape index (κ3) is 2.97. The van der Waals surface area contributed by atoms with E-state index in [2.05, 4.69) is 5.32 Å². The summed E-state index contributed by atoms with van der Waals surface area (Å²) < 4.78 is 23.8. The molecule has 1 fully saturated rings. The molecule has 0 aromatic rings. The average Bonchev–Trinajstić information content (AvgIpc) is 2.26. The van der Waals surface area contributed by atoms with Gasteiger partial charge in [-0.3, -0.25) is 9.59 Å². The molecule has 0 saturated carbocycles. The summed E-state index contributed by atoms with van der Waals surface area (Å²) in [7, 11) is -3.25. The molecule has 0 bridgehead atoms. The van der Waals surface area contributed by atoms with Crippen molar-refractivity contribution in [3.63, 3.8) is 0 Å². The number of hydrogen-bond acceptors (Lipinski definition) is 4. The van der Waals surface area contributed by atoms with Gasteiger partial charge < -0.3 is 10.2 Å². The van der Waals surface area contributed by atoms with E-state index in [9.17, 15) is 18.0 Å². The summed E-state index contributed by atoms with van der Waals surface area (Å²) in [6.07, 6.45) is 0. The Morgan fingerprint density at radius 1 is 1.15 bits per heavy atom. The van der Waals surface area contributed by atoms with E-state index in [4.69, 9.17) is 0 Å². The van der Waals surface area contributed by atoms with Crippen molar-refractivity contribution >= 4 is 21.7 Å². The second kappa shape index (κ2) is 5.02. The second-order valence-electron chi connectivity index (χ2n) is 6.51. The van der Waals surface area contributed by atoms with Crippen molar-refractivity contribution in [2.24, 2.45) is 0 Å². The van der Waals surface area contributed by atoms with Crippen LogP contribution in [0.4, 0.5) is 0 Å². The summed E-state index contributed by atoms with van der Waals surface area (Å²) in [6, 6.07) is 0. The molecule has 1 aliphatic heterocycles. The Hall–Kier alpha value is -1.11. The van der Waals surface area contributed by atoms with Crippen LogP contribution in [0.25, 0.3) is 0 Å². The fourth-order valence-electron chi connectivity index (χ4n) is 2.04. The third-order valence-corrected chi connectivity index (χ3v) is 5.94. The molecule has 0 radical (unpaired) electrons. The number of piperazine rings is 1. The predicted octanol–water partition coefficient (Wildman–Crippen LogP) is 0.325. The van der Waals surface area contributed by atoms with Crippen molar-refractivity contribution in [2.75, 3.05) is 12.3 Å². The first kappa shape index (κ1) is 16.9. The molecule has 1 heterocycles. The third-order valence-electron chi connectivity index (χ3n) is 3.75. The summed E-state index contributed by atoms with van der Waals surface area (Å²) in [6.45, 7) is 9.72. The van der Waals surface area contributed by atoms with Gasteiger partial charge in [0.15, 0.2) is 9.84 Å². The molecule has 0 unspecified atom stereocenters. The van der Waals surface area contributed by atoms with Crippen LogP contribution in [-0.2, 0) is 19.4 Å². The Labute approximate surface area is 120 Å². The van der Waals surface area contributed by atoms with Gasteiger partial charge in [0, 0.05) is 6.54 Å². The number of sulfone groups is 1. The Morgan fingerprint density at radius 3 is 2.10 bits per heavy atom. The van der Waals surface area contributed by atoms with Crippen LogP contribution in [-0.4, -0.2) is 53.8 Å². The molecule has 1 saturated heterocycles. The van der Waals surface area contributed by atoms with Gasteiger partial charge in [0.2, 0.25) is 11.8 Å². The SMILES string of the molecule is CC(C)S(=O)(=O)CCN1C(=O)C(C)(C)NC(=O)C1(C)C. The average molecular weight is 304 g/mol. The zero-order valence-electron chi connectivity index (χ0n) is 13.0. The van der Waals surface area contributed by atoms with Gasteiger partial charge in [0.1, 0.15) is 11.1 Å². The molecule has 2 amide bonds. The van der Waals surface area contributed by atoms with Gasteiger partial charge in [-0.25, -0.2) is 8.42 Å². The van der Waals surface area contributed by atoms with E-state index in [1.807, 2.05) is 0 Å². The smallest absolute Gasteiger partial charge is 0.248 e. The fraction of sp³-hybridized carbons (Fsp3) is 0.846. The summed E-state index contributed by atoms with van der Waals surface area (Å²) >= 11 is 0. The van der Waals surface area contributed by atoms with Crippen LogP contribution in [0.1, 0.15) is 41.5 Å². The molecular formula is C13H24N2O4S. The molecular weight excluding hydrogens is 280 g/mol. The van der Waals surface area contributed by atoms with E-state index in [0.717, 1.165) is 0 Å². The summed E-state index contributed by atoms with van der Waals surface area (Å²) in [4.78, 5) is 25.9. The molecule has 0 atom stereocenters. The van der Waals surface area contributed by atoms with E-state index >= 15 is 0 Å². The van der Waals surface area contributed by atoms with Gasteiger partial charge in [0.25, 0.3) is 0 Å². The number of rotatable bonds is 4. The van der Waals surface area contributed by atoms with Crippen molar-refractivity contribution in [1.82, 2.24) is 10.2 Å². The highest BCUT2D eigenvalue weighted by molar-refractivity contribution is 7.92. The Morgan fingerprint density at radius 2 is 1.65 bits per heavy atom. The van der Waals surface area contributed by atoms with Gasteiger partial charge in [-0.15, -0.1) is 0 Å². The molecule has 7 heteroatoms. The zero-order chi connectivity index (χ0) is 15.9. The van der Waals surface area contributed by atoms with Crippen molar-refractivity contribution in [3.8, 4) is 0 Å². The predicted molar refractivity (Wildman–Crippen MR) is 76.9 cm³/mol. The summed E-state index contributed by atoms with van der Waals surface area (Å²) in [5.41, 5.74) is -2.05. The minimum atomic E-state index is -3.25. The molecule has 1 aliphatic rings. The number of carbonyl (C=O) groups excluding carboxylic acids is 2. The molecule has 20 heavy (non-hydrogen) atoms. The highest BCUT2D eigenvalue weighted by Gasteiger charge is 2.50. The van der Waals surface area contributed by atoms with Crippen molar-refractivity contribution in [2.45, 2.75) is 57.9 Å². The van der Waals surface area contributed by atoms with Crippen LogP contribution in [0.3, 0.4) is 0 Å². The molecule has 1 N–H and O–H groups in total. The summed E-state index contributed by atoms with van der Waals surface area (Å²) in [5, 5.41) is 2.17. The minimum absolute atomic E-state index is 0.0309. The van der Waals surface area contributed by atoms with Crippen LogP contribution in [0, 0.1) is 0 Å². The molecule has 0 aromatic carbocycles. The first-order chi connectivity index (χ1) is 8.82. The van der Waals surface area contributed by atoms with E-state index in [1.54, 1.807) is 41.5 Å². The molecule has 0 aliphatic carbocycles. The first-order valence-electron chi connectivity index (χ1n) is 6.68. The van der Waals surface area contributed by atoms with Crippen molar-refractivity contribution in [3.05, 3.63) is 0 Å². The molecule has 6 nitrogen and oxygen atoms in total. The standard InChI is InChI=1S/C13H24N2O4S/c1-9(2)20(18,19)8-7-15-11(17)12(3,4)14-10(16)13(15,5)6/h9H,7-8H2,1-6H3,(H,14,16). The molecule has 1 rings (SSSR count). The number of hydrogen-bond donors (Lipinski definition) is 1. The second-order valence-corrected chi connectivity index (χ2v) is 9.19. The van der Waals surface area contributed by atoms with Gasteiger partial charge in [0.05, 0.1) is 11.0 Å². The highest BCUT2D eigenvalue weighted by atomic mass is 32.2. The maximum absolute atomic E-state index is 12.4. The lowest BCUT2D eigenvalue weighted by Crippen LogP contribution is -2.72. The van der Waals surface area contributed by atoms with Crippen molar-refractivity contribution in [1.29, 1.82) is 0 Å². The van der Waals surface area contributed by atoms with Crippen molar-refractivity contribution < 1.29 is 18.0 Å². The number of nitrogens with one attached hydrogen (secondary N) is 1. The van der Waals surface area contributed by atoms with E-state index in [1.165, 1.54) is 4.90 Å². The Bertz CT molecular complexity index is 520. The lowest BCUT2D eigenvalue weighted by molar-refractivity contribution is -0.159. The Kier molecular flexibility index (Phi) is 4.25. The molecule has 116 valence electrons. The lowest BCUT2D eigenvalue weighted by Gasteiger charge is -2.47. The molecule has 0 spiro atoms. The lowest BCUT2D eigenvalue weighted by atomic mass is 9.90. The van der Waals surface area contributed by atoms with Crippen LogP contribution in [0.15, 0.2) is 0 Å². The zero-order valence-corrected chi connectivity index (χ0v) is 13.8. The minimum Gasteiger partial charge on any atom is -0.340 e. The number of carbonyl (C=O) groups is 2. The normalized spacial score (nSPS) is 22.1. The van der Waals surface area contributed by atoms with Crippen LogP contribution in [0.2, 0.25) is 0 Å². The maximum atomic E-state index is 12.4. The summed E-state index contributed by atoms with van der Waals surface area (Å²) in [5.74, 6) is -0.673. The van der Waals surface area contributed by atoms with Gasteiger partial charge in [-0.1, -0.05) is 0 Å². The van der Waals surface area contributed by atoms with E-state index < -0.39 is 26.2 Å². The van der Waals surface area contributed by atoms with Gasteiger partial charge >= 0.3 is 0 Å². The number of amides is 2. The van der Waals surface area contributed by atoms with E-state index in [0.29, 0.717) is 0 Å². The molecule has 0 aromatic heterocycles. The largest absolute Gasteiger partial charge is 0.340 e. The topological polar surface area (TPSA) is 83.6 Å². The maximum Gasteiger partial charge on any atom is 0.248 e. The van der Waals surface area contributed by atoms with Crippen LogP contribution < -0.4 is 5.32 Å². The van der Waals surface area contributed by atoms with Crippen LogP contribution >= 0.6 is 0 Å². The van der Waals surface area contributed by atoms with E-state index in [-0.39, 0.29) is 24.1 Å². The number of nitrogens with zero attached hydrogens (tertiary/aromatic N) is 1. The highest BCUT2D eigenvalue weighted by Crippen LogP contribution is 2.25.